The molecule has 0 spiro atoms. The van der Waals surface area contributed by atoms with E-state index in [1.807, 2.05) is 51.1 Å². The fourth-order valence-corrected chi connectivity index (χ4v) is 3.66. The molecule has 1 saturated heterocycles. The fraction of sp³-hybridized carbons (Fsp3) is 0.227. The van der Waals surface area contributed by atoms with Crippen molar-refractivity contribution >= 4 is 40.6 Å². The van der Waals surface area contributed by atoms with Gasteiger partial charge >= 0.3 is 0 Å². The monoisotopic (exact) mass is 410 g/mol. The number of aryl methyl sites for hydroxylation is 2. The first kappa shape index (κ1) is 20.7. The molecule has 0 saturated carbocycles. The number of rotatable bonds is 6. The molecule has 6 nitrogen and oxygen atoms in total. The summed E-state index contributed by atoms with van der Waals surface area (Å²) in [5.41, 5.74) is 3.37. The maximum Gasteiger partial charge on any atom is 0.294 e. The van der Waals surface area contributed by atoms with E-state index in [-0.39, 0.29) is 6.54 Å². The average Bonchev–Trinajstić information content (AvgIpc) is 2.94. The number of ether oxygens (including phenoxy) is 1. The minimum absolute atomic E-state index is 0.290. The second-order valence-electron chi connectivity index (χ2n) is 6.64. The topological polar surface area (TPSA) is 75.7 Å². The molecule has 0 aromatic heterocycles. The van der Waals surface area contributed by atoms with Gasteiger partial charge in [-0.25, -0.2) is 0 Å². The minimum atomic E-state index is -0.468. The van der Waals surface area contributed by atoms with Gasteiger partial charge in [-0.1, -0.05) is 24.3 Å². The number of nitrogens with zero attached hydrogens (tertiary/aromatic N) is 1. The Morgan fingerprint density at radius 2 is 1.86 bits per heavy atom. The molecule has 1 aliphatic rings. The van der Waals surface area contributed by atoms with Crippen molar-refractivity contribution in [3.63, 3.8) is 0 Å². The number of hydrogen-bond donors (Lipinski definition) is 1. The summed E-state index contributed by atoms with van der Waals surface area (Å²) >= 11 is 0.832. The molecule has 29 heavy (non-hydrogen) atoms. The Kier molecular flexibility index (Phi) is 6.39. The first-order chi connectivity index (χ1) is 13.9. The lowest BCUT2D eigenvalue weighted by Gasteiger charge is -2.14. The molecule has 2 aromatic carbocycles. The molecule has 1 N–H and O–H groups in total. The Bertz CT molecular complexity index is 983. The van der Waals surface area contributed by atoms with Gasteiger partial charge in [0.25, 0.3) is 11.1 Å². The van der Waals surface area contributed by atoms with E-state index in [4.69, 9.17) is 4.74 Å². The van der Waals surface area contributed by atoms with Crippen LogP contribution in [0.15, 0.2) is 47.4 Å². The van der Waals surface area contributed by atoms with Crippen LogP contribution < -0.4 is 10.1 Å². The number of anilines is 1. The summed E-state index contributed by atoms with van der Waals surface area (Å²) in [6.07, 6.45) is 1.64. The Morgan fingerprint density at radius 3 is 2.55 bits per heavy atom. The van der Waals surface area contributed by atoms with Gasteiger partial charge in [0.1, 0.15) is 12.3 Å². The standard InChI is InChI=1S/C22H22N2O4S/c1-4-28-17-9-7-16(8-10-17)12-19-21(26)24(22(27)29-19)13-20(25)23-18-11-14(2)5-6-15(18)3/h5-12H,4,13H2,1-3H3,(H,23,25)/b19-12+. The van der Waals surface area contributed by atoms with E-state index >= 15 is 0 Å². The van der Waals surface area contributed by atoms with Crippen LogP contribution in [0.5, 0.6) is 5.75 Å². The van der Waals surface area contributed by atoms with Crippen LogP contribution in [-0.4, -0.2) is 35.1 Å². The van der Waals surface area contributed by atoms with E-state index in [0.29, 0.717) is 17.2 Å². The summed E-state index contributed by atoms with van der Waals surface area (Å²) in [6, 6.07) is 12.9. The zero-order valence-corrected chi connectivity index (χ0v) is 17.3. The third-order valence-electron chi connectivity index (χ3n) is 4.33. The molecule has 1 aliphatic heterocycles. The minimum Gasteiger partial charge on any atom is -0.494 e. The molecule has 1 heterocycles. The Hall–Kier alpha value is -3.06. The third-order valence-corrected chi connectivity index (χ3v) is 5.24. The summed E-state index contributed by atoms with van der Waals surface area (Å²) in [5.74, 6) is -0.144. The normalized spacial score (nSPS) is 15.1. The quantitative estimate of drug-likeness (QED) is 0.716. The summed E-state index contributed by atoms with van der Waals surface area (Å²) < 4.78 is 5.39. The van der Waals surface area contributed by atoms with Gasteiger partial charge in [-0.15, -0.1) is 0 Å². The Balaban J connectivity index is 1.68. The number of amides is 3. The lowest BCUT2D eigenvalue weighted by molar-refractivity contribution is -0.127. The number of nitrogens with one attached hydrogen (secondary N) is 1. The van der Waals surface area contributed by atoms with Crippen LogP contribution in [0.2, 0.25) is 0 Å². The number of benzene rings is 2. The van der Waals surface area contributed by atoms with E-state index in [0.717, 1.165) is 39.1 Å². The highest BCUT2D eigenvalue weighted by Gasteiger charge is 2.36. The molecule has 0 aliphatic carbocycles. The molecule has 7 heteroatoms. The Morgan fingerprint density at radius 1 is 1.14 bits per heavy atom. The molecular weight excluding hydrogens is 388 g/mol. The molecule has 0 bridgehead atoms. The van der Waals surface area contributed by atoms with Crippen molar-refractivity contribution < 1.29 is 19.1 Å². The number of carbonyl (C=O) groups excluding carboxylic acids is 3. The van der Waals surface area contributed by atoms with Gasteiger partial charge in [-0.05, 0) is 73.5 Å². The second kappa shape index (κ2) is 8.96. The molecule has 0 radical (unpaired) electrons. The predicted molar refractivity (Wildman–Crippen MR) is 115 cm³/mol. The van der Waals surface area contributed by atoms with Crippen LogP contribution in [0.25, 0.3) is 6.08 Å². The first-order valence-electron chi connectivity index (χ1n) is 9.22. The SMILES string of the molecule is CCOc1ccc(/C=C2/SC(=O)N(CC(=O)Nc3cc(C)ccc3C)C2=O)cc1. The molecule has 2 aromatic rings. The van der Waals surface area contributed by atoms with E-state index < -0.39 is 17.1 Å². The highest BCUT2D eigenvalue weighted by molar-refractivity contribution is 8.18. The van der Waals surface area contributed by atoms with Crippen LogP contribution in [0.1, 0.15) is 23.6 Å². The van der Waals surface area contributed by atoms with Crippen molar-refractivity contribution in [1.29, 1.82) is 0 Å². The van der Waals surface area contributed by atoms with E-state index in [9.17, 15) is 14.4 Å². The van der Waals surface area contributed by atoms with Gasteiger partial charge in [-0.2, -0.15) is 0 Å². The number of hydrogen-bond acceptors (Lipinski definition) is 5. The lowest BCUT2D eigenvalue weighted by atomic mass is 10.1. The van der Waals surface area contributed by atoms with Gasteiger partial charge in [-0.3, -0.25) is 19.3 Å². The molecule has 3 amide bonds. The zero-order chi connectivity index (χ0) is 21.0. The van der Waals surface area contributed by atoms with Crippen molar-refractivity contribution in [3.05, 3.63) is 64.1 Å². The van der Waals surface area contributed by atoms with Crippen LogP contribution in [0, 0.1) is 13.8 Å². The van der Waals surface area contributed by atoms with Gasteiger partial charge in [0.2, 0.25) is 5.91 Å². The lowest BCUT2D eigenvalue weighted by Crippen LogP contribution is -2.36. The number of thioether (sulfide) groups is 1. The maximum atomic E-state index is 12.6. The smallest absolute Gasteiger partial charge is 0.294 e. The van der Waals surface area contributed by atoms with Crippen molar-refractivity contribution in [2.75, 3.05) is 18.5 Å². The molecule has 0 unspecified atom stereocenters. The maximum absolute atomic E-state index is 12.6. The third kappa shape index (κ3) is 5.06. The van der Waals surface area contributed by atoms with E-state index in [1.165, 1.54) is 0 Å². The van der Waals surface area contributed by atoms with Crippen molar-refractivity contribution in [2.45, 2.75) is 20.8 Å². The van der Waals surface area contributed by atoms with Gasteiger partial charge in [0.05, 0.1) is 11.5 Å². The van der Waals surface area contributed by atoms with Gasteiger partial charge in [0.15, 0.2) is 0 Å². The molecule has 1 fully saturated rings. The van der Waals surface area contributed by atoms with Crippen LogP contribution in [-0.2, 0) is 9.59 Å². The van der Waals surface area contributed by atoms with Gasteiger partial charge in [0, 0.05) is 5.69 Å². The van der Waals surface area contributed by atoms with Crippen LogP contribution >= 0.6 is 11.8 Å². The van der Waals surface area contributed by atoms with Crippen molar-refractivity contribution in [1.82, 2.24) is 4.90 Å². The fourth-order valence-electron chi connectivity index (χ4n) is 2.82. The predicted octanol–water partition coefficient (Wildman–Crippen LogP) is 4.38. The van der Waals surface area contributed by atoms with Crippen LogP contribution in [0.3, 0.4) is 0 Å². The van der Waals surface area contributed by atoms with Crippen molar-refractivity contribution in [2.24, 2.45) is 0 Å². The zero-order valence-electron chi connectivity index (χ0n) is 16.5. The molecule has 150 valence electrons. The van der Waals surface area contributed by atoms with Gasteiger partial charge < -0.3 is 10.1 Å². The van der Waals surface area contributed by atoms with E-state index in [1.54, 1.807) is 18.2 Å². The van der Waals surface area contributed by atoms with Crippen molar-refractivity contribution in [3.8, 4) is 5.75 Å². The Labute approximate surface area is 173 Å². The summed E-state index contributed by atoms with van der Waals surface area (Å²) in [6.45, 7) is 5.97. The number of carbonyl (C=O) groups is 3. The highest BCUT2D eigenvalue weighted by atomic mass is 32.2. The first-order valence-corrected chi connectivity index (χ1v) is 10.0. The highest BCUT2D eigenvalue weighted by Crippen LogP contribution is 2.32. The van der Waals surface area contributed by atoms with E-state index in [2.05, 4.69) is 5.32 Å². The summed E-state index contributed by atoms with van der Waals surface area (Å²) in [5, 5.41) is 2.32. The second-order valence-corrected chi connectivity index (χ2v) is 7.63. The number of imide groups is 1. The largest absolute Gasteiger partial charge is 0.494 e. The summed E-state index contributed by atoms with van der Waals surface area (Å²) in [7, 11) is 0. The average molecular weight is 410 g/mol. The molecular formula is C22H22N2O4S. The molecule has 3 rings (SSSR count). The molecule has 0 atom stereocenters. The summed E-state index contributed by atoms with van der Waals surface area (Å²) in [4.78, 5) is 38.5. The van der Waals surface area contributed by atoms with Crippen LogP contribution in [0.4, 0.5) is 10.5 Å².